The van der Waals surface area contributed by atoms with Gasteiger partial charge in [0.25, 0.3) is 10.0 Å². The van der Waals surface area contributed by atoms with Crippen molar-refractivity contribution in [1.29, 1.82) is 0 Å². The minimum atomic E-state index is -4.68. The van der Waals surface area contributed by atoms with Crippen molar-refractivity contribution in [3.05, 3.63) is 71.8 Å². The number of rotatable bonds is 9. The molecule has 0 spiro atoms. The van der Waals surface area contributed by atoms with E-state index in [1.807, 2.05) is 0 Å². The number of alkyl halides is 3. The number of pyridine rings is 1. The van der Waals surface area contributed by atoms with Gasteiger partial charge in [-0.15, -0.1) is 0 Å². The highest BCUT2D eigenvalue weighted by molar-refractivity contribution is 7.92. The highest BCUT2D eigenvalue weighted by Crippen LogP contribution is 2.42. The highest BCUT2D eigenvalue weighted by atomic mass is 35.5. The first-order chi connectivity index (χ1) is 19.8. The number of carbonyl (C=O) groups excluding carboxylic acids is 1. The minimum absolute atomic E-state index is 0.00379. The van der Waals surface area contributed by atoms with Crippen LogP contribution in [0.3, 0.4) is 0 Å². The van der Waals surface area contributed by atoms with E-state index in [-0.39, 0.29) is 44.1 Å². The smallest absolute Gasteiger partial charge is 0.422 e. The average Bonchev–Trinajstić information content (AvgIpc) is 3.45. The molecule has 0 saturated heterocycles. The topological polar surface area (TPSA) is 136 Å². The van der Waals surface area contributed by atoms with E-state index in [0.717, 1.165) is 23.2 Å². The number of sulfonamides is 1. The number of anilines is 3. The maximum absolute atomic E-state index is 14.1. The summed E-state index contributed by atoms with van der Waals surface area (Å²) < 4.78 is 94.1. The lowest BCUT2D eigenvalue weighted by atomic mass is 10.0. The van der Waals surface area contributed by atoms with Crippen LogP contribution in [0, 0.1) is 5.82 Å². The molecule has 2 aromatic heterocycles. The number of hydrogen-bond acceptors (Lipinski definition) is 8. The zero-order valence-corrected chi connectivity index (χ0v) is 23.1. The third kappa shape index (κ3) is 6.83. The van der Waals surface area contributed by atoms with Crippen LogP contribution in [0.1, 0.15) is 0 Å². The van der Waals surface area contributed by atoms with E-state index in [0.29, 0.717) is 0 Å². The van der Waals surface area contributed by atoms with Gasteiger partial charge in [0.1, 0.15) is 22.7 Å². The molecule has 0 saturated carbocycles. The standard InChI is InChI=1S/C25H20ClF4N5O6S/c1-31-24(36)35(23-6-4-15(12-32-23)42(37,38)34-22-7-8-41-33-22)19-11-17(26)16(10-21(19)39-2)14-3-5-18(27)20(9-14)40-13-25(28,29)30/h3-12H,13H2,1-2H3,(H,31,36)(H,33,34). The fourth-order valence-electron chi connectivity index (χ4n) is 3.62. The number of halogens is 5. The van der Waals surface area contributed by atoms with Gasteiger partial charge in [-0.1, -0.05) is 22.8 Å². The number of urea groups is 1. The van der Waals surface area contributed by atoms with E-state index in [2.05, 4.69) is 29.4 Å². The van der Waals surface area contributed by atoms with Crippen molar-refractivity contribution in [2.75, 3.05) is 30.4 Å². The normalized spacial score (nSPS) is 11.6. The highest BCUT2D eigenvalue weighted by Gasteiger charge is 2.29. The summed E-state index contributed by atoms with van der Waals surface area (Å²) in [4.78, 5) is 17.9. The van der Waals surface area contributed by atoms with Crippen LogP contribution in [0.4, 0.5) is 39.7 Å². The van der Waals surface area contributed by atoms with Crippen molar-refractivity contribution >= 4 is 45.0 Å². The molecular weight excluding hydrogens is 610 g/mol. The lowest BCUT2D eigenvalue weighted by Crippen LogP contribution is -2.35. The van der Waals surface area contributed by atoms with Gasteiger partial charge < -0.3 is 19.3 Å². The Morgan fingerprint density at radius 1 is 1.12 bits per heavy atom. The molecule has 222 valence electrons. The molecule has 0 fully saturated rings. The summed E-state index contributed by atoms with van der Waals surface area (Å²) in [5, 5.41) is 5.93. The molecule has 4 aromatic rings. The molecular formula is C25H20ClF4N5O6S. The number of benzene rings is 2. The molecule has 0 atom stereocenters. The van der Waals surface area contributed by atoms with E-state index >= 15 is 0 Å². The Morgan fingerprint density at radius 3 is 2.48 bits per heavy atom. The number of hydrogen-bond donors (Lipinski definition) is 2. The molecule has 42 heavy (non-hydrogen) atoms. The summed E-state index contributed by atoms with van der Waals surface area (Å²) in [6.45, 7) is -1.70. The molecule has 2 heterocycles. The van der Waals surface area contributed by atoms with Gasteiger partial charge in [-0.2, -0.15) is 13.2 Å². The monoisotopic (exact) mass is 629 g/mol. The van der Waals surface area contributed by atoms with Crippen LogP contribution in [0.5, 0.6) is 11.5 Å². The van der Waals surface area contributed by atoms with E-state index in [1.54, 1.807) is 0 Å². The van der Waals surface area contributed by atoms with Crippen molar-refractivity contribution in [1.82, 2.24) is 15.5 Å². The number of methoxy groups -OCH3 is 1. The van der Waals surface area contributed by atoms with Crippen LogP contribution in [0.25, 0.3) is 11.1 Å². The fraction of sp³-hybridized carbons (Fsp3) is 0.160. The van der Waals surface area contributed by atoms with Gasteiger partial charge in [0, 0.05) is 24.9 Å². The quantitative estimate of drug-likeness (QED) is 0.223. The van der Waals surface area contributed by atoms with Crippen LogP contribution in [0.2, 0.25) is 5.02 Å². The van der Waals surface area contributed by atoms with Gasteiger partial charge >= 0.3 is 12.2 Å². The predicted molar refractivity (Wildman–Crippen MR) is 143 cm³/mol. The number of aromatic nitrogens is 2. The van der Waals surface area contributed by atoms with E-state index < -0.39 is 40.4 Å². The third-order valence-corrected chi connectivity index (χ3v) is 7.15. The molecule has 0 bridgehead atoms. The molecule has 0 aliphatic carbocycles. The second-order valence-corrected chi connectivity index (χ2v) is 10.4. The molecule has 0 radical (unpaired) electrons. The minimum Gasteiger partial charge on any atom is -0.495 e. The molecule has 17 heteroatoms. The van der Waals surface area contributed by atoms with E-state index in [4.69, 9.17) is 16.3 Å². The molecule has 0 aliphatic rings. The van der Waals surface area contributed by atoms with Gasteiger partial charge in [-0.05, 0) is 42.0 Å². The SMILES string of the molecule is CNC(=O)N(c1ccc(S(=O)(=O)Nc2ccon2)cn1)c1cc(Cl)c(-c2ccc(F)c(OCC(F)(F)F)c2)cc1OC. The third-order valence-electron chi connectivity index (χ3n) is 5.50. The van der Waals surface area contributed by atoms with Gasteiger partial charge in [-0.3, -0.25) is 4.72 Å². The summed E-state index contributed by atoms with van der Waals surface area (Å²) >= 11 is 6.52. The van der Waals surface area contributed by atoms with Crippen LogP contribution < -0.4 is 24.4 Å². The summed E-state index contributed by atoms with van der Waals surface area (Å²) in [6.07, 6.45) is -2.49. The molecule has 11 nitrogen and oxygen atoms in total. The molecule has 2 aromatic carbocycles. The van der Waals surface area contributed by atoms with E-state index in [1.165, 1.54) is 56.8 Å². The lowest BCUT2D eigenvalue weighted by Gasteiger charge is -2.24. The number of amides is 2. The zero-order chi connectivity index (χ0) is 30.7. The molecule has 2 N–H and O–H groups in total. The fourth-order valence-corrected chi connectivity index (χ4v) is 4.82. The Bertz CT molecular complexity index is 1690. The molecule has 0 unspecified atom stereocenters. The van der Waals surface area contributed by atoms with Crippen LogP contribution >= 0.6 is 11.6 Å². The van der Waals surface area contributed by atoms with Gasteiger partial charge in [0.15, 0.2) is 24.0 Å². The van der Waals surface area contributed by atoms with Crippen molar-refractivity contribution in [2.24, 2.45) is 0 Å². The second-order valence-electron chi connectivity index (χ2n) is 8.29. The Balaban J connectivity index is 1.71. The second kappa shape index (κ2) is 12.1. The lowest BCUT2D eigenvalue weighted by molar-refractivity contribution is -0.153. The van der Waals surface area contributed by atoms with Crippen molar-refractivity contribution in [3.8, 4) is 22.6 Å². The Hall–Kier alpha value is -4.57. The Morgan fingerprint density at radius 2 is 1.88 bits per heavy atom. The number of carbonyl (C=O) groups is 1. The Kier molecular flexibility index (Phi) is 8.77. The first-order valence-electron chi connectivity index (χ1n) is 11.6. The summed E-state index contributed by atoms with van der Waals surface area (Å²) in [6, 6.07) is 9.01. The average molecular weight is 630 g/mol. The van der Waals surface area contributed by atoms with Crippen molar-refractivity contribution in [2.45, 2.75) is 11.1 Å². The largest absolute Gasteiger partial charge is 0.495 e. The predicted octanol–water partition coefficient (Wildman–Crippen LogP) is 5.76. The number of nitrogens with one attached hydrogen (secondary N) is 2. The first kappa shape index (κ1) is 30.4. The summed E-state index contributed by atoms with van der Waals surface area (Å²) in [7, 11) is -1.45. The number of ether oxygens (including phenoxy) is 2. The van der Waals surface area contributed by atoms with E-state index in [9.17, 15) is 30.8 Å². The Labute approximate surface area is 241 Å². The van der Waals surface area contributed by atoms with Gasteiger partial charge in [0.05, 0.1) is 17.8 Å². The van der Waals surface area contributed by atoms with Crippen LogP contribution in [0.15, 0.2) is 70.4 Å². The van der Waals surface area contributed by atoms with Gasteiger partial charge in [-0.25, -0.2) is 27.5 Å². The zero-order valence-electron chi connectivity index (χ0n) is 21.6. The first-order valence-corrected chi connectivity index (χ1v) is 13.5. The van der Waals surface area contributed by atoms with Crippen LogP contribution in [-0.2, 0) is 10.0 Å². The van der Waals surface area contributed by atoms with Gasteiger partial charge in [0.2, 0.25) is 0 Å². The maximum atomic E-state index is 14.1. The van der Waals surface area contributed by atoms with Crippen molar-refractivity contribution in [3.63, 3.8) is 0 Å². The van der Waals surface area contributed by atoms with Crippen molar-refractivity contribution < 1.29 is 44.8 Å². The van der Waals surface area contributed by atoms with Crippen LogP contribution in [-0.4, -0.2) is 51.5 Å². The summed E-state index contributed by atoms with van der Waals surface area (Å²) in [5.74, 6) is -1.67. The molecule has 0 aliphatic heterocycles. The number of nitrogens with zero attached hydrogens (tertiary/aromatic N) is 3. The molecule has 4 rings (SSSR count). The maximum Gasteiger partial charge on any atom is 0.422 e. The summed E-state index contributed by atoms with van der Waals surface area (Å²) in [5.41, 5.74) is 0.492. The molecule has 2 amide bonds.